The second-order valence-electron chi connectivity index (χ2n) is 7.94. The van der Waals surface area contributed by atoms with Gasteiger partial charge in [0.05, 0.1) is 28.2 Å². The van der Waals surface area contributed by atoms with Gasteiger partial charge in [-0.15, -0.1) is 0 Å². The van der Waals surface area contributed by atoms with Gasteiger partial charge in [0.15, 0.2) is 15.6 Å². The van der Waals surface area contributed by atoms with Crippen LogP contribution >= 0.6 is 34.8 Å². The molecule has 1 aliphatic rings. The number of hydrogen-bond donors (Lipinski definition) is 0. The highest BCUT2D eigenvalue weighted by atomic mass is 35.5. The molecule has 2 aromatic rings. The van der Waals surface area contributed by atoms with Crippen LogP contribution in [0.15, 0.2) is 36.4 Å². The van der Waals surface area contributed by atoms with E-state index < -0.39 is 15.9 Å². The van der Waals surface area contributed by atoms with Crippen molar-refractivity contribution in [3.05, 3.63) is 62.6 Å². The van der Waals surface area contributed by atoms with Crippen LogP contribution in [0.2, 0.25) is 15.1 Å². The normalized spacial score (nSPS) is 17.3. The lowest BCUT2D eigenvalue weighted by atomic mass is 10.1. The predicted molar refractivity (Wildman–Crippen MR) is 130 cm³/mol. The SMILES string of the molecule is CCCCCOc1c(Cl)cc(C(=O)N(Cc2ccc(Cl)cc2)C2CCS(=O)(=O)C2)cc1Cl. The number of benzene rings is 2. The number of nitrogens with zero attached hydrogens (tertiary/aromatic N) is 1. The van der Waals surface area contributed by atoms with Crippen molar-refractivity contribution in [1.29, 1.82) is 0 Å². The molecule has 0 radical (unpaired) electrons. The molecule has 9 heteroatoms. The minimum atomic E-state index is -3.18. The molecule has 1 atom stereocenters. The molecular weight excluding hydrogens is 493 g/mol. The summed E-state index contributed by atoms with van der Waals surface area (Å²) in [6.07, 6.45) is 3.38. The molecule has 0 N–H and O–H groups in total. The fourth-order valence-corrected chi connectivity index (χ4v) is 6.14. The van der Waals surface area contributed by atoms with Crippen molar-refractivity contribution in [3.63, 3.8) is 0 Å². The van der Waals surface area contributed by atoms with Gasteiger partial charge in [-0.1, -0.05) is 66.7 Å². The Morgan fingerprint density at radius 2 is 1.75 bits per heavy atom. The molecule has 0 aliphatic carbocycles. The molecule has 0 saturated carbocycles. The number of carbonyl (C=O) groups excluding carboxylic acids is 1. The van der Waals surface area contributed by atoms with Gasteiger partial charge in [0.1, 0.15) is 0 Å². The summed E-state index contributed by atoms with van der Waals surface area (Å²) < 4.78 is 29.9. The summed E-state index contributed by atoms with van der Waals surface area (Å²) in [7, 11) is -3.18. The third kappa shape index (κ3) is 6.53. The van der Waals surface area contributed by atoms with E-state index in [1.165, 1.54) is 12.1 Å². The number of hydrogen-bond acceptors (Lipinski definition) is 4. The fourth-order valence-electron chi connectivity index (χ4n) is 3.69. The second kappa shape index (κ2) is 11.1. The molecule has 1 aliphatic heterocycles. The molecule has 1 unspecified atom stereocenters. The topological polar surface area (TPSA) is 63.7 Å². The van der Waals surface area contributed by atoms with E-state index >= 15 is 0 Å². The van der Waals surface area contributed by atoms with Crippen LogP contribution in [-0.2, 0) is 16.4 Å². The third-order valence-electron chi connectivity index (χ3n) is 5.42. The first kappa shape index (κ1) is 25.2. The molecule has 5 nitrogen and oxygen atoms in total. The van der Waals surface area contributed by atoms with E-state index in [0.29, 0.717) is 29.4 Å². The Morgan fingerprint density at radius 1 is 1.09 bits per heavy atom. The summed E-state index contributed by atoms with van der Waals surface area (Å²) in [5, 5.41) is 1.09. The largest absolute Gasteiger partial charge is 0.490 e. The van der Waals surface area contributed by atoms with Crippen LogP contribution in [0.3, 0.4) is 0 Å². The van der Waals surface area contributed by atoms with Crippen molar-refractivity contribution in [2.45, 2.75) is 45.2 Å². The van der Waals surface area contributed by atoms with E-state index in [1.54, 1.807) is 17.0 Å². The summed E-state index contributed by atoms with van der Waals surface area (Å²) in [6, 6.07) is 9.75. The summed E-state index contributed by atoms with van der Waals surface area (Å²) in [4.78, 5) is 15.1. The first-order valence-corrected chi connectivity index (χ1v) is 13.5. The van der Waals surface area contributed by atoms with E-state index in [4.69, 9.17) is 39.5 Å². The van der Waals surface area contributed by atoms with Gasteiger partial charge in [-0.05, 0) is 42.7 Å². The van der Waals surface area contributed by atoms with Gasteiger partial charge in [0, 0.05) is 23.2 Å². The second-order valence-corrected chi connectivity index (χ2v) is 11.4. The number of carbonyl (C=O) groups is 1. The molecule has 2 aromatic carbocycles. The summed E-state index contributed by atoms with van der Waals surface area (Å²) >= 11 is 18.7. The molecular formula is C23H26Cl3NO4S. The van der Waals surface area contributed by atoms with E-state index in [-0.39, 0.29) is 34.0 Å². The highest BCUT2D eigenvalue weighted by Crippen LogP contribution is 2.35. The lowest BCUT2D eigenvalue weighted by Gasteiger charge is -2.29. The summed E-state index contributed by atoms with van der Waals surface area (Å²) in [5.74, 6) is 0.0256. The molecule has 32 heavy (non-hydrogen) atoms. The van der Waals surface area contributed by atoms with Gasteiger partial charge in [-0.3, -0.25) is 4.79 Å². The third-order valence-corrected chi connectivity index (χ3v) is 7.98. The summed E-state index contributed by atoms with van der Waals surface area (Å²) in [6.45, 7) is 2.84. The molecule has 1 fully saturated rings. The van der Waals surface area contributed by atoms with Gasteiger partial charge in [0.25, 0.3) is 5.91 Å². The Kier molecular flexibility index (Phi) is 8.73. The zero-order chi connectivity index (χ0) is 23.3. The van der Waals surface area contributed by atoms with Crippen LogP contribution in [0.5, 0.6) is 5.75 Å². The molecule has 0 bridgehead atoms. The Labute approximate surface area is 204 Å². The number of unbranched alkanes of at least 4 members (excludes halogenated alkanes) is 2. The highest BCUT2D eigenvalue weighted by Gasteiger charge is 2.35. The number of ether oxygens (including phenoxy) is 1. The van der Waals surface area contributed by atoms with Gasteiger partial charge in [-0.2, -0.15) is 0 Å². The van der Waals surface area contributed by atoms with Gasteiger partial charge in [-0.25, -0.2) is 8.42 Å². The Balaban J connectivity index is 1.85. The maximum absolute atomic E-state index is 13.5. The number of rotatable bonds is 9. The van der Waals surface area contributed by atoms with Crippen LogP contribution in [0, 0.1) is 0 Å². The van der Waals surface area contributed by atoms with E-state index in [1.807, 2.05) is 12.1 Å². The highest BCUT2D eigenvalue weighted by molar-refractivity contribution is 7.91. The zero-order valence-corrected chi connectivity index (χ0v) is 20.9. The monoisotopic (exact) mass is 517 g/mol. The van der Waals surface area contributed by atoms with Crippen LogP contribution in [0.4, 0.5) is 0 Å². The molecule has 0 spiro atoms. The lowest BCUT2D eigenvalue weighted by Crippen LogP contribution is -2.40. The maximum atomic E-state index is 13.5. The molecule has 1 saturated heterocycles. The van der Waals surface area contributed by atoms with Crippen LogP contribution in [-0.4, -0.2) is 43.4 Å². The van der Waals surface area contributed by atoms with Crippen molar-refractivity contribution in [1.82, 2.24) is 4.90 Å². The Bertz CT molecular complexity index is 1030. The number of sulfone groups is 1. The van der Waals surface area contributed by atoms with Gasteiger partial charge in [0.2, 0.25) is 0 Å². The average Bonchev–Trinajstić information content (AvgIpc) is 3.11. The average molecular weight is 519 g/mol. The molecule has 3 rings (SSSR count). The standard InChI is InChI=1S/C23H26Cl3NO4S/c1-2-3-4-10-31-22-20(25)12-17(13-21(22)26)23(28)27(19-9-11-32(29,30)15-19)14-16-5-7-18(24)8-6-16/h5-8,12-13,19H,2-4,9-11,14-15H2,1H3. The Hall–Kier alpha value is -1.47. The fraction of sp³-hybridized carbons (Fsp3) is 0.435. The molecule has 174 valence electrons. The van der Waals surface area contributed by atoms with Gasteiger partial charge < -0.3 is 9.64 Å². The first-order chi connectivity index (χ1) is 15.2. The molecule has 0 aromatic heterocycles. The van der Waals surface area contributed by atoms with Crippen molar-refractivity contribution in [2.24, 2.45) is 0 Å². The predicted octanol–water partition coefficient (Wildman–Crippen LogP) is 6.05. The van der Waals surface area contributed by atoms with E-state index in [9.17, 15) is 13.2 Å². The maximum Gasteiger partial charge on any atom is 0.254 e. The minimum absolute atomic E-state index is 0.0631. The van der Waals surface area contributed by atoms with Crippen molar-refractivity contribution in [3.8, 4) is 5.75 Å². The lowest BCUT2D eigenvalue weighted by molar-refractivity contribution is 0.0681. The quantitative estimate of drug-likeness (QED) is 0.379. The zero-order valence-electron chi connectivity index (χ0n) is 17.8. The molecule has 1 amide bonds. The van der Waals surface area contributed by atoms with Gasteiger partial charge >= 0.3 is 0 Å². The van der Waals surface area contributed by atoms with Crippen molar-refractivity contribution in [2.75, 3.05) is 18.1 Å². The van der Waals surface area contributed by atoms with E-state index in [0.717, 1.165) is 24.8 Å². The van der Waals surface area contributed by atoms with Crippen LogP contribution in [0.1, 0.15) is 48.5 Å². The summed E-state index contributed by atoms with van der Waals surface area (Å²) in [5.41, 5.74) is 1.14. The first-order valence-electron chi connectivity index (χ1n) is 10.6. The minimum Gasteiger partial charge on any atom is -0.490 e. The van der Waals surface area contributed by atoms with Crippen molar-refractivity contribution < 1.29 is 17.9 Å². The van der Waals surface area contributed by atoms with Crippen molar-refractivity contribution >= 4 is 50.5 Å². The number of halogens is 3. The Morgan fingerprint density at radius 3 is 2.31 bits per heavy atom. The molecule has 1 heterocycles. The van der Waals surface area contributed by atoms with Crippen LogP contribution in [0.25, 0.3) is 0 Å². The van der Waals surface area contributed by atoms with Crippen LogP contribution < -0.4 is 4.74 Å². The van der Waals surface area contributed by atoms with E-state index in [2.05, 4.69) is 6.92 Å². The number of amides is 1. The smallest absolute Gasteiger partial charge is 0.254 e.